The highest BCUT2D eigenvalue weighted by atomic mass is 19.1. The van der Waals surface area contributed by atoms with Crippen LogP contribution in [0.4, 0.5) is 4.39 Å². The van der Waals surface area contributed by atoms with Crippen LogP contribution < -0.4 is 0 Å². The number of aliphatic hydroxyl groups excluding tert-OH is 1. The second-order valence-corrected chi connectivity index (χ2v) is 4.73. The molecule has 0 saturated heterocycles. The van der Waals surface area contributed by atoms with Crippen LogP contribution in [0.3, 0.4) is 0 Å². The summed E-state index contributed by atoms with van der Waals surface area (Å²) < 4.78 is 18.2. The number of hydrogen-bond donors (Lipinski definition) is 1. The number of aliphatic hydroxyl groups is 1. The average molecular weight is 284 g/mol. The van der Waals surface area contributed by atoms with E-state index in [-0.39, 0.29) is 11.7 Å². The second-order valence-electron chi connectivity index (χ2n) is 4.73. The molecule has 1 atom stereocenters. The summed E-state index contributed by atoms with van der Waals surface area (Å²) in [6.07, 6.45) is -0.979. The highest BCUT2D eigenvalue weighted by Crippen LogP contribution is 2.25. The van der Waals surface area contributed by atoms with Crippen molar-refractivity contribution >= 4 is 0 Å². The third kappa shape index (κ3) is 2.68. The Kier molecular flexibility index (Phi) is 3.50. The lowest BCUT2D eigenvalue weighted by atomic mass is 10.1. The summed E-state index contributed by atoms with van der Waals surface area (Å²) in [7, 11) is 0. The molecule has 21 heavy (non-hydrogen) atoms. The molecule has 0 bridgehead atoms. The first-order valence-electron chi connectivity index (χ1n) is 6.48. The summed E-state index contributed by atoms with van der Waals surface area (Å²) in [5.74, 6) is 0.127. The quantitative estimate of drug-likeness (QED) is 0.802. The van der Waals surface area contributed by atoms with Gasteiger partial charge in [0.25, 0.3) is 5.89 Å². The van der Waals surface area contributed by atoms with Gasteiger partial charge in [0.1, 0.15) is 5.82 Å². The van der Waals surface area contributed by atoms with Gasteiger partial charge in [-0.15, -0.1) is 0 Å². The fourth-order valence-corrected chi connectivity index (χ4v) is 2.11. The maximum atomic E-state index is 13.1. The van der Waals surface area contributed by atoms with Gasteiger partial charge < -0.3 is 9.63 Å². The van der Waals surface area contributed by atoms with E-state index in [2.05, 4.69) is 10.1 Å². The minimum absolute atomic E-state index is 0.111. The first-order valence-corrected chi connectivity index (χ1v) is 6.48. The van der Waals surface area contributed by atoms with Gasteiger partial charge in [0.05, 0.1) is 0 Å². The maximum absolute atomic E-state index is 13.1. The molecule has 0 saturated carbocycles. The van der Waals surface area contributed by atoms with Crippen LogP contribution in [0.25, 0.3) is 11.4 Å². The SMILES string of the molecule is Cc1cc(F)ccc1-c1noc(C(O)c2ccccc2)n1. The van der Waals surface area contributed by atoms with Crippen LogP contribution in [0.5, 0.6) is 0 Å². The molecule has 5 heteroatoms. The third-order valence-corrected chi connectivity index (χ3v) is 3.22. The van der Waals surface area contributed by atoms with E-state index in [4.69, 9.17) is 4.52 Å². The van der Waals surface area contributed by atoms with Gasteiger partial charge in [0.15, 0.2) is 6.10 Å². The first kappa shape index (κ1) is 13.5. The standard InChI is InChI=1S/C16H13FN2O2/c1-10-9-12(17)7-8-13(10)15-18-16(21-19-15)14(20)11-5-3-2-4-6-11/h2-9,14,20H,1H3. The first-order chi connectivity index (χ1) is 10.1. The van der Waals surface area contributed by atoms with Crippen LogP contribution in [0.1, 0.15) is 23.1 Å². The van der Waals surface area contributed by atoms with Crippen LogP contribution in [-0.4, -0.2) is 15.2 Å². The topological polar surface area (TPSA) is 59.2 Å². The zero-order valence-electron chi connectivity index (χ0n) is 11.3. The number of rotatable bonds is 3. The van der Waals surface area contributed by atoms with Crippen molar-refractivity contribution in [2.75, 3.05) is 0 Å². The number of aromatic nitrogens is 2. The van der Waals surface area contributed by atoms with Crippen molar-refractivity contribution in [3.63, 3.8) is 0 Å². The molecule has 1 aromatic heterocycles. The number of hydrogen-bond acceptors (Lipinski definition) is 4. The van der Waals surface area contributed by atoms with E-state index in [0.29, 0.717) is 22.5 Å². The van der Waals surface area contributed by atoms with Crippen molar-refractivity contribution < 1.29 is 14.0 Å². The lowest BCUT2D eigenvalue weighted by molar-refractivity contribution is 0.170. The Hall–Kier alpha value is -2.53. The Morgan fingerprint density at radius 3 is 2.62 bits per heavy atom. The molecule has 0 aliphatic rings. The highest BCUT2D eigenvalue weighted by Gasteiger charge is 2.19. The van der Waals surface area contributed by atoms with Gasteiger partial charge >= 0.3 is 0 Å². The molecule has 0 fully saturated rings. The van der Waals surface area contributed by atoms with Gasteiger partial charge in [-0.25, -0.2) is 4.39 Å². The largest absolute Gasteiger partial charge is 0.378 e. The maximum Gasteiger partial charge on any atom is 0.260 e. The minimum Gasteiger partial charge on any atom is -0.378 e. The second kappa shape index (κ2) is 5.46. The molecule has 0 radical (unpaired) electrons. The summed E-state index contributed by atoms with van der Waals surface area (Å²) in [5, 5.41) is 14.1. The molecule has 1 heterocycles. The molecular formula is C16H13FN2O2. The van der Waals surface area contributed by atoms with Crippen molar-refractivity contribution in [3.8, 4) is 11.4 Å². The van der Waals surface area contributed by atoms with E-state index in [0.717, 1.165) is 0 Å². The molecular weight excluding hydrogens is 271 g/mol. The summed E-state index contributed by atoms with van der Waals surface area (Å²) in [4.78, 5) is 4.20. The van der Waals surface area contributed by atoms with Crippen LogP contribution in [0.15, 0.2) is 53.1 Å². The Balaban J connectivity index is 1.93. The van der Waals surface area contributed by atoms with Crippen molar-refractivity contribution in [2.45, 2.75) is 13.0 Å². The Morgan fingerprint density at radius 2 is 1.90 bits per heavy atom. The van der Waals surface area contributed by atoms with Gasteiger partial charge in [-0.3, -0.25) is 0 Å². The minimum atomic E-state index is -0.979. The van der Waals surface area contributed by atoms with Crippen LogP contribution in [-0.2, 0) is 0 Å². The highest BCUT2D eigenvalue weighted by molar-refractivity contribution is 5.59. The third-order valence-electron chi connectivity index (χ3n) is 3.22. The lowest BCUT2D eigenvalue weighted by Gasteiger charge is -2.04. The van der Waals surface area contributed by atoms with Crippen LogP contribution >= 0.6 is 0 Å². The van der Waals surface area contributed by atoms with Crippen molar-refractivity contribution in [1.29, 1.82) is 0 Å². The van der Waals surface area contributed by atoms with E-state index >= 15 is 0 Å². The molecule has 3 aromatic rings. The van der Waals surface area contributed by atoms with E-state index in [9.17, 15) is 9.50 Å². The average Bonchev–Trinajstić information content (AvgIpc) is 2.97. The molecule has 0 aliphatic carbocycles. The number of benzene rings is 2. The smallest absolute Gasteiger partial charge is 0.260 e. The monoisotopic (exact) mass is 284 g/mol. The van der Waals surface area contributed by atoms with Crippen molar-refractivity contribution in [1.82, 2.24) is 10.1 Å². The Morgan fingerprint density at radius 1 is 1.14 bits per heavy atom. The van der Waals surface area contributed by atoms with Gasteiger partial charge in [-0.1, -0.05) is 35.5 Å². The molecule has 0 spiro atoms. The number of halogens is 1. The molecule has 0 aliphatic heterocycles. The molecule has 3 rings (SSSR count). The van der Waals surface area contributed by atoms with Gasteiger partial charge in [0, 0.05) is 5.56 Å². The van der Waals surface area contributed by atoms with Gasteiger partial charge in [-0.2, -0.15) is 4.98 Å². The summed E-state index contributed by atoms with van der Waals surface area (Å²) in [5.41, 5.74) is 2.05. The molecule has 4 nitrogen and oxygen atoms in total. The predicted octanol–water partition coefficient (Wildman–Crippen LogP) is 3.27. The van der Waals surface area contributed by atoms with Crippen LogP contribution in [0, 0.1) is 12.7 Å². The number of aryl methyl sites for hydroxylation is 1. The zero-order chi connectivity index (χ0) is 14.8. The zero-order valence-corrected chi connectivity index (χ0v) is 11.3. The summed E-state index contributed by atoms with van der Waals surface area (Å²) in [6, 6.07) is 13.4. The van der Waals surface area contributed by atoms with E-state index in [1.54, 1.807) is 25.1 Å². The number of nitrogens with zero attached hydrogens (tertiary/aromatic N) is 2. The fraction of sp³-hybridized carbons (Fsp3) is 0.125. The van der Waals surface area contributed by atoms with Gasteiger partial charge in [-0.05, 0) is 36.2 Å². The molecule has 106 valence electrons. The molecule has 1 unspecified atom stereocenters. The van der Waals surface area contributed by atoms with Gasteiger partial charge in [0.2, 0.25) is 5.82 Å². The van der Waals surface area contributed by atoms with E-state index in [1.807, 2.05) is 18.2 Å². The molecule has 1 N–H and O–H groups in total. The van der Waals surface area contributed by atoms with Crippen molar-refractivity contribution in [3.05, 3.63) is 71.4 Å². The lowest BCUT2D eigenvalue weighted by Crippen LogP contribution is -1.99. The molecule has 0 amide bonds. The fourth-order valence-electron chi connectivity index (χ4n) is 2.11. The summed E-state index contributed by atoms with van der Waals surface area (Å²) >= 11 is 0. The Bertz CT molecular complexity index is 756. The van der Waals surface area contributed by atoms with Crippen LogP contribution in [0.2, 0.25) is 0 Å². The summed E-state index contributed by atoms with van der Waals surface area (Å²) in [6.45, 7) is 1.77. The predicted molar refractivity (Wildman–Crippen MR) is 74.9 cm³/mol. The molecule has 2 aromatic carbocycles. The van der Waals surface area contributed by atoms with E-state index in [1.165, 1.54) is 12.1 Å². The Labute approximate surface area is 120 Å². The van der Waals surface area contributed by atoms with Crippen molar-refractivity contribution in [2.24, 2.45) is 0 Å². The normalized spacial score (nSPS) is 12.3. The van der Waals surface area contributed by atoms with E-state index < -0.39 is 6.10 Å².